The van der Waals surface area contributed by atoms with E-state index in [0.717, 1.165) is 39.3 Å². The van der Waals surface area contributed by atoms with Gasteiger partial charge in [-0.15, -0.1) is 49.6 Å². The van der Waals surface area contributed by atoms with Crippen molar-refractivity contribution in [2.45, 2.75) is 65.2 Å². The largest absolute Gasteiger partial charge is 0.412 e. The number of halogens is 4. The first-order valence-corrected chi connectivity index (χ1v) is 9.74. The van der Waals surface area contributed by atoms with E-state index < -0.39 is 0 Å². The quantitative estimate of drug-likeness (QED) is 0.215. The maximum absolute atomic E-state index is 3.53. The van der Waals surface area contributed by atoms with Gasteiger partial charge in [-0.05, 0) is 78.0 Å². The van der Waals surface area contributed by atoms with Gasteiger partial charge in [-0.3, -0.25) is 0 Å². The number of hydrogen-bond acceptors (Lipinski definition) is 4. The third kappa shape index (κ3) is 42.2. The second-order valence-corrected chi connectivity index (χ2v) is 6.04. The van der Waals surface area contributed by atoms with Crippen molar-refractivity contribution in [3.05, 3.63) is 0 Å². The van der Waals surface area contributed by atoms with E-state index in [1.54, 1.807) is 0 Å². The molecule has 0 bridgehead atoms. The molecule has 0 unspecified atom stereocenters. The van der Waals surface area contributed by atoms with Crippen LogP contribution in [0.25, 0.3) is 0 Å². The molecule has 0 amide bonds. The SMILES string of the molecule is CCNCCCNCCCCCCCCNCCCNCC.Cl.Cl.Cl.Cl.O. The molecular formula is C18H48Cl4N4O. The Labute approximate surface area is 193 Å². The van der Waals surface area contributed by atoms with Crippen molar-refractivity contribution in [3.8, 4) is 0 Å². The molecule has 0 aromatic carbocycles. The molecule has 0 spiro atoms. The fraction of sp³-hybridized carbons (Fsp3) is 1.00. The minimum absolute atomic E-state index is 0. The Balaban J connectivity index is -0.000000220. The summed E-state index contributed by atoms with van der Waals surface area (Å²) >= 11 is 0. The molecule has 0 saturated carbocycles. The van der Waals surface area contributed by atoms with Crippen molar-refractivity contribution in [1.82, 2.24) is 21.3 Å². The first-order chi connectivity index (χ1) is 10.9. The molecule has 0 rings (SSSR count). The highest BCUT2D eigenvalue weighted by Crippen LogP contribution is 2.04. The van der Waals surface area contributed by atoms with Crippen molar-refractivity contribution in [2.24, 2.45) is 0 Å². The monoisotopic (exact) mass is 476 g/mol. The van der Waals surface area contributed by atoms with Gasteiger partial charge in [0.2, 0.25) is 0 Å². The lowest BCUT2D eigenvalue weighted by Gasteiger charge is -2.06. The predicted molar refractivity (Wildman–Crippen MR) is 132 cm³/mol. The topological polar surface area (TPSA) is 79.6 Å². The zero-order chi connectivity index (χ0) is 16.1. The molecule has 27 heavy (non-hydrogen) atoms. The van der Waals surface area contributed by atoms with E-state index in [4.69, 9.17) is 0 Å². The van der Waals surface area contributed by atoms with Crippen molar-refractivity contribution in [3.63, 3.8) is 0 Å². The lowest BCUT2D eigenvalue weighted by molar-refractivity contribution is 0.536. The van der Waals surface area contributed by atoms with E-state index in [9.17, 15) is 0 Å². The van der Waals surface area contributed by atoms with Crippen LogP contribution in [0.2, 0.25) is 0 Å². The Morgan fingerprint density at radius 2 is 0.630 bits per heavy atom. The van der Waals surface area contributed by atoms with E-state index in [2.05, 4.69) is 35.1 Å². The van der Waals surface area contributed by atoms with Crippen molar-refractivity contribution < 1.29 is 5.48 Å². The van der Waals surface area contributed by atoms with Crippen LogP contribution in [0.3, 0.4) is 0 Å². The summed E-state index contributed by atoms with van der Waals surface area (Å²) in [6.45, 7) is 13.5. The summed E-state index contributed by atoms with van der Waals surface area (Å²) in [6.07, 6.45) is 10.7. The Bertz CT molecular complexity index is 190. The molecule has 0 atom stereocenters. The third-order valence-corrected chi connectivity index (χ3v) is 3.87. The van der Waals surface area contributed by atoms with Crippen LogP contribution in [-0.4, -0.2) is 57.8 Å². The molecule has 0 aliphatic carbocycles. The van der Waals surface area contributed by atoms with Crippen molar-refractivity contribution in [1.29, 1.82) is 0 Å². The fourth-order valence-electron chi connectivity index (χ4n) is 2.49. The van der Waals surface area contributed by atoms with E-state index in [0.29, 0.717) is 0 Å². The summed E-state index contributed by atoms with van der Waals surface area (Å²) in [7, 11) is 0. The minimum atomic E-state index is 0. The van der Waals surface area contributed by atoms with Gasteiger partial charge < -0.3 is 26.7 Å². The molecule has 5 nitrogen and oxygen atoms in total. The first kappa shape index (κ1) is 42.1. The molecule has 6 N–H and O–H groups in total. The summed E-state index contributed by atoms with van der Waals surface area (Å²) in [5.41, 5.74) is 0. The third-order valence-electron chi connectivity index (χ3n) is 3.87. The maximum atomic E-state index is 3.53. The highest BCUT2D eigenvalue weighted by molar-refractivity contribution is 5.86. The van der Waals surface area contributed by atoms with Gasteiger partial charge in [-0.2, -0.15) is 0 Å². The Morgan fingerprint density at radius 3 is 0.963 bits per heavy atom. The Kier molecular flexibility index (Phi) is 64.5. The first-order valence-electron chi connectivity index (χ1n) is 9.74. The normalized spacial score (nSPS) is 9.11. The van der Waals surface area contributed by atoms with Crippen molar-refractivity contribution >= 4 is 49.6 Å². The van der Waals surface area contributed by atoms with Crippen molar-refractivity contribution in [2.75, 3.05) is 52.4 Å². The molecule has 0 aliphatic heterocycles. The Hall–Kier alpha value is 0.960. The number of nitrogens with one attached hydrogen (secondary N) is 4. The van der Waals surface area contributed by atoms with Gasteiger partial charge in [0.05, 0.1) is 0 Å². The smallest absolute Gasteiger partial charge is 0.00368 e. The van der Waals surface area contributed by atoms with Gasteiger partial charge in [0.25, 0.3) is 0 Å². The predicted octanol–water partition coefficient (Wildman–Crippen LogP) is 3.37. The summed E-state index contributed by atoms with van der Waals surface area (Å²) in [6, 6.07) is 0. The average molecular weight is 478 g/mol. The van der Waals surface area contributed by atoms with Gasteiger partial charge in [-0.1, -0.05) is 39.5 Å². The van der Waals surface area contributed by atoms with E-state index in [-0.39, 0.29) is 55.1 Å². The molecule has 0 fully saturated rings. The zero-order valence-electron chi connectivity index (χ0n) is 17.4. The summed E-state index contributed by atoms with van der Waals surface area (Å²) < 4.78 is 0. The highest BCUT2D eigenvalue weighted by atomic mass is 35.5. The maximum Gasteiger partial charge on any atom is -0.00368 e. The summed E-state index contributed by atoms with van der Waals surface area (Å²) in [5, 5.41) is 13.8. The minimum Gasteiger partial charge on any atom is -0.412 e. The molecule has 0 aliphatic rings. The van der Waals surface area contributed by atoms with Crippen LogP contribution in [0.15, 0.2) is 0 Å². The standard InChI is InChI=1S/C18H42N4.4ClH.H2O/c1-3-19-15-11-17-21-13-9-7-5-6-8-10-14-22-18-12-16-20-4-2;;;;;/h19-22H,3-18H2,1-2H3;4*1H;1H2. The number of hydrogen-bond donors (Lipinski definition) is 4. The molecule has 0 radical (unpaired) electrons. The average Bonchev–Trinajstić information content (AvgIpc) is 2.54. The molecule has 0 saturated heterocycles. The van der Waals surface area contributed by atoms with Crippen LogP contribution in [0.5, 0.6) is 0 Å². The van der Waals surface area contributed by atoms with Crippen LogP contribution >= 0.6 is 49.6 Å². The highest BCUT2D eigenvalue weighted by Gasteiger charge is 1.93. The number of unbranched alkanes of at least 4 members (excludes halogenated alkanes) is 5. The molecule has 9 heteroatoms. The van der Waals surface area contributed by atoms with Crippen LogP contribution in [0, 0.1) is 0 Å². The van der Waals surface area contributed by atoms with Crippen LogP contribution < -0.4 is 21.3 Å². The molecule has 174 valence electrons. The van der Waals surface area contributed by atoms with Gasteiger partial charge in [0.15, 0.2) is 0 Å². The van der Waals surface area contributed by atoms with Crippen LogP contribution in [0.1, 0.15) is 65.2 Å². The summed E-state index contributed by atoms with van der Waals surface area (Å²) in [5.74, 6) is 0. The molecular weight excluding hydrogens is 430 g/mol. The van der Waals surface area contributed by atoms with E-state index >= 15 is 0 Å². The molecule has 0 aromatic heterocycles. The van der Waals surface area contributed by atoms with E-state index in [1.807, 2.05) is 0 Å². The second-order valence-electron chi connectivity index (χ2n) is 6.04. The molecule has 0 aromatic rings. The van der Waals surface area contributed by atoms with Gasteiger partial charge in [0.1, 0.15) is 0 Å². The lowest BCUT2D eigenvalue weighted by atomic mass is 10.1. The second kappa shape index (κ2) is 41.4. The van der Waals surface area contributed by atoms with E-state index in [1.165, 1.54) is 64.5 Å². The molecule has 0 heterocycles. The number of rotatable bonds is 19. The zero-order valence-corrected chi connectivity index (χ0v) is 20.7. The van der Waals surface area contributed by atoms with Crippen LogP contribution in [-0.2, 0) is 0 Å². The van der Waals surface area contributed by atoms with Gasteiger partial charge in [0, 0.05) is 0 Å². The summed E-state index contributed by atoms with van der Waals surface area (Å²) in [4.78, 5) is 0. The van der Waals surface area contributed by atoms with Gasteiger partial charge in [-0.25, -0.2) is 0 Å². The lowest BCUT2D eigenvalue weighted by Crippen LogP contribution is -2.22. The fourth-order valence-corrected chi connectivity index (χ4v) is 2.49. The van der Waals surface area contributed by atoms with Gasteiger partial charge >= 0.3 is 0 Å². The Morgan fingerprint density at radius 1 is 0.370 bits per heavy atom. The van der Waals surface area contributed by atoms with Crippen LogP contribution in [0.4, 0.5) is 0 Å².